The van der Waals surface area contributed by atoms with Crippen molar-refractivity contribution >= 4 is 42.4 Å². The van der Waals surface area contributed by atoms with E-state index in [4.69, 9.17) is 9.47 Å². The number of benzene rings is 2. The van der Waals surface area contributed by atoms with Gasteiger partial charge in [0.15, 0.2) is 21.6 Å². The molecule has 0 radical (unpaired) electrons. The fraction of sp³-hybridized carbons (Fsp3) is 0.364. The minimum absolute atomic E-state index is 0.156. The van der Waals surface area contributed by atoms with Crippen LogP contribution < -0.4 is 14.4 Å². The summed E-state index contributed by atoms with van der Waals surface area (Å²) in [6, 6.07) is 12.1. The molecule has 10 heteroatoms. The summed E-state index contributed by atoms with van der Waals surface area (Å²) < 4.78 is 36.1. The van der Waals surface area contributed by atoms with Gasteiger partial charge in [0.25, 0.3) is 5.91 Å². The number of thiazole rings is 1. The minimum atomic E-state index is -3.44. The third kappa shape index (κ3) is 5.96. The number of anilines is 1. The summed E-state index contributed by atoms with van der Waals surface area (Å²) in [6.07, 6.45) is 1.15. The highest BCUT2D eigenvalue weighted by Gasteiger charge is 2.23. The number of ether oxygens (including phenoxy) is 2. The Labute approximate surface area is 192 Å². The van der Waals surface area contributed by atoms with Crippen molar-refractivity contribution in [2.24, 2.45) is 0 Å². The van der Waals surface area contributed by atoms with Gasteiger partial charge in [-0.3, -0.25) is 9.69 Å². The van der Waals surface area contributed by atoms with Gasteiger partial charge < -0.3 is 14.4 Å². The summed E-state index contributed by atoms with van der Waals surface area (Å²) in [4.78, 5) is 21.2. The molecule has 1 amide bonds. The number of aromatic nitrogens is 1. The van der Waals surface area contributed by atoms with Gasteiger partial charge in [-0.2, -0.15) is 0 Å². The van der Waals surface area contributed by atoms with Crippen molar-refractivity contribution < 1.29 is 22.7 Å². The van der Waals surface area contributed by atoms with Crippen molar-refractivity contribution in [2.75, 3.05) is 51.6 Å². The van der Waals surface area contributed by atoms with E-state index in [0.29, 0.717) is 40.8 Å². The van der Waals surface area contributed by atoms with Gasteiger partial charge in [-0.15, -0.1) is 0 Å². The lowest BCUT2D eigenvalue weighted by Gasteiger charge is -2.22. The molecule has 0 N–H and O–H groups in total. The molecule has 0 bridgehead atoms. The van der Waals surface area contributed by atoms with Crippen LogP contribution in [-0.2, 0) is 14.6 Å². The molecule has 3 aromatic rings. The lowest BCUT2D eigenvalue weighted by Crippen LogP contribution is -2.39. The van der Waals surface area contributed by atoms with Gasteiger partial charge in [0, 0.05) is 19.3 Å². The third-order valence-corrected chi connectivity index (χ3v) is 6.74. The van der Waals surface area contributed by atoms with Gasteiger partial charge in [0.1, 0.15) is 17.0 Å². The average molecular weight is 478 g/mol. The van der Waals surface area contributed by atoms with Crippen LogP contribution >= 0.6 is 11.3 Å². The Kier molecular flexibility index (Phi) is 7.70. The zero-order valence-corrected chi connectivity index (χ0v) is 20.2. The second-order valence-electron chi connectivity index (χ2n) is 7.41. The van der Waals surface area contributed by atoms with E-state index in [0.717, 1.165) is 12.0 Å². The number of nitrogens with zero attached hydrogens (tertiary/aromatic N) is 3. The van der Waals surface area contributed by atoms with E-state index in [-0.39, 0.29) is 17.4 Å². The molecule has 2 aromatic carbocycles. The first-order valence-electron chi connectivity index (χ1n) is 10.1. The molecule has 0 saturated heterocycles. The second kappa shape index (κ2) is 10.3. The average Bonchev–Trinajstić information content (AvgIpc) is 3.16. The van der Waals surface area contributed by atoms with Gasteiger partial charge in [-0.05, 0) is 57.4 Å². The molecule has 0 aliphatic rings. The summed E-state index contributed by atoms with van der Waals surface area (Å²) in [5.74, 6) is 1.02. The quantitative estimate of drug-likeness (QED) is 0.443. The number of sulfone groups is 1. The van der Waals surface area contributed by atoms with Crippen molar-refractivity contribution in [1.82, 2.24) is 9.88 Å². The molecule has 8 nitrogen and oxygen atoms in total. The van der Waals surface area contributed by atoms with Crippen molar-refractivity contribution in [3.05, 3.63) is 42.5 Å². The number of likely N-dealkylation sites (N-methyl/N-ethyl adjacent to an activating group) is 1. The fourth-order valence-corrected chi connectivity index (χ4v) is 4.91. The van der Waals surface area contributed by atoms with Crippen molar-refractivity contribution in [3.63, 3.8) is 0 Å². The van der Waals surface area contributed by atoms with E-state index in [1.54, 1.807) is 41.3 Å². The summed E-state index contributed by atoms with van der Waals surface area (Å²) in [5, 5.41) is 0.443. The van der Waals surface area contributed by atoms with Crippen LogP contribution in [0.2, 0.25) is 0 Å². The number of rotatable bonds is 10. The summed E-state index contributed by atoms with van der Waals surface area (Å²) in [5.41, 5.74) is 0.380. The molecule has 0 unspecified atom stereocenters. The highest BCUT2D eigenvalue weighted by molar-refractivity contribution is 7.91. The van der Waals surface area contributed by atoms with Gasteiger partial charge in [0.05, 0.1) is 16.2 Å². The highest BCUT2D eigenvalue weighted by Crippen LogP contribution is 2.32. The Morgan fingerprint density at radius 2 is 1.69 bits per heavy atom. The lowest BCUT2D eigenvalue weighted by molar-refractivity contribution is -0.120. The standard InChI is InChI=1S/C22H27N3O5S2/c1-5-29-16-9-11-17(12-10-16)30-15-20(26)25(14-13-24(2)3)22-23-21-18(31-22)7-6-8-19(21)32(4,27)28/h6-12H,5,13-15H2,1-4H3. The Hall–Kier alpha value is -2.69. The lowest BCUT2D eigenvalue weighted by atomic mass is 10.3. The van der Waals surface area contributed by atoms with Crippen molar-refractivity contribution in [3.8, 4) is 11.5 Å². The van der Waals surface area contributed by atoms with Gasteiger partial charge >= 0.3 is 0 Å². The molecule has 3 rings (SSSR count). The van der Waals surface area contributed by atoms with Crippen molar-refractivity contribution in [2.45, 2.75) is 11.8 Å². The molecule has 0 aliphatic carbocycles. The number of carbonyl (C=O) groups excluding carboxylic acids is 1. The largest absolute Gasteiger partial charge is 0.494 e. The van der Waals surface area contributed by atoms with Crippen LogP contribution in [0.5, 0.6) is 11.5 Å². The fourth-order valence-electron chi connectivity index (χ4n) is 2.97. The molecule has 172 valence electrons. The maximum atomic E-state index is 13.1. The van der Waals surface area contributed by atoms with Gasteiger partial charge in [0.2, 0.25) is 0 Å². The number of para-hydroxylation sites is 1. The van der Waals surface area contributed by atoms with Crippen LogP contribution in [0, 0.1) is 0 Å². The Balaban J connectivity index is 1.83. The molecule has 1 heterocycles. The number of hydrogen-bond acceptors (Lipinski definition) is 8. The summed E-state index contributed by atoms with van der Waals surface area (Å²) >= 11 is 1.28. The Bertz CT molecular complexity index is 1170. The molecular formula is C22H27N3O5S2. The molecule has 0 spiro atoms. The highest BCUT2D eigenvalue weighted by atomic mass is 32.2. The van der Waals surface area contributed by atoms with Crippen LogP contribution in [0.15, 0.2) is 47.4 Å². The predicted octanol–water partition coefficient (Wildman–Crippen LogP) is 3.07. The topological polar surface area (TPSA) is 89.0 Å². The maximum absolute atomic E-state index is 13.1. The SMILES string of the molecule is CCOc1ccc(OCC(=O)N(CCN(C)C)c2nc3c(S(C)(=O)=O)cccc3s2)cc1. The minimum Gasteiger partial charge on any atom is -0.494 e. The smallest absolute Gasteiger partial charge is 0.266 e. The first-order valence-corrected chi connectivity index (χ1v) is 12.8. The van der Waals surface area contributed by atoms with E-state index in [9.17, 15) is 13.2 Å². The van der Waals surface area contributed by atoms with E-state index in [1.807, 2.05) is 25.9 Å². The first-order chi connectivity index (χ1) is 15.2. The number of amides is 1. The third-order valence-electron chi connectivity index (χ3n) is 4.57. The van der Waals surface area contributed by atoms with E-state index >= 15 is 0 Å². The Morgan fingerprint density at radius 1 is 1.03 bits per heavy atom. The van der Waals surface area contributed by atoms with Crippen LogP contribution in [0.25, 0.3) is 10.2 Å². The first kappa shape index (κ1) is 24.0. The molecule has 0 aliphatic heterocycles. The monoisotopic (exact) mass is 477 g/mol. The Morgan fingerprint density at radius 3 is 2.28 bits per heavy atom. The zero-order chi connectivity index (χ0) is 23.3. The van der Waals surface area contributed by atoms with Crippen LogP contribution in [-0.4, -0.2) is 70.9 Å². The molecule has 0 saturated carbocycles. The molecule has 0 atom stereocenters. The molecule has 32 heavy (non-hydrogen) atoms. The molecular weight excluding hydrogens is 450 g/mol. The number of fused-ring (bicyclic) bond motifs is 1. The number of hydrogen-bond donors (Lipinski definition) is 0. The predicted molar refractivity (Wildman–Crippen MR) is 127 cm³/mol. The van der Waals surface area contributed by atoms with Crippen LogP contribution in [0.3, 0.4) is 0 Å². The molecule has 0 fully saturated rings. The summed E-state index contributed by atoms with van der Waals surface area (Å²) in [6.45, 7) is 3.32. The zero-order valence-electron chi connectivity index (χ0n) is 18.6. The van der Waals surface area contributed by atoms with Crippen LogP contribution in [0.4, 0.5) is 5.13 Å². The van der Waals surface area contributed by atoms with Crippen molar-refractivity contribution in [1.29, 1.82) is 0 Å². The van der Waals surface area contributed by atoms with E-state index in [1.165, 1.54) is 17.4 Å². The summed E-state index contributed by atoms with van der Waals surface area (Å²) in [7, 11) is 0.387. The van der Waals surface area contributed by atoms with Crippen LogP contribution in [0.1, 0.15) is 6.92 Å². The van der Waals surface area contributed by atoms with Gasteiger partial charge in [-0.1, -0.05) is 17.4 Å². The molecule has 1 aromatic heterocycles. The number of carbonyl (C=O) groups is 1. The normalized spacial score (nSPS) is 11.7. The van der Waals surface area contributed by atoms with E-state index < -0.39 is 9.84 Å². The second-order valence-corrected chi connectivity index (χ2v) is 10.4. The van der Waals surface area contributed by atoms with E-state index in [2.05, 4.69) is 4.98 Å². The maximum Gasteiger partial charge on any atom is 0.266 e. The van der Waals surface area contributed by atoms with Gasteiger partial charge in [-0.25, -0.2) is 13.4 Å².